The topological polar surface area (TPSA) is 78.0 Å². The minimum atomic E-state index is -0.242. The molecule has 1 aliphatic carbocycles. The Balaban J connectivity index is 1.48. The van der Waals surface area contributed by atoms with E-state index in [-0.39, 0.29) is 18.1 Å². The van der Waals surface area contributed by atoms with Gasteiger partial charge in [-0.1, -0.05) is 24.3 Å². The molecule has 1 fully saturated rings. The maximum absolute atomic E-state index is 12.8. The summed E-state index contributed by atoms with van der Waals surface area (Å²) in [5, 5.41) is 14.0. The van der Waals surface area contributed by atoms with Crippen LogP contribution in [0.1, 0.15) is 29.8 Å². The lowest BCUT2D eigenvalue weighted by Crippen LogP contribution is -2.48. The first-order valence-electron chi connectivity index (χ1n) is 9.53. The highest BCUT2D eigenvalue weighted by molar-refractivity contribution is 5.90. The zero-order chi connectivity index (χ0) is 18.8. The van der Waals surface area contributed by atoms with Crippen LogP contribution in [0.25, 0.3) is 10.9 Å². The number of aromatic nitrogens is 2. The van der Waals surface area contributed by atoms with Gasteiger partial charge in [0.05, 0.1) is 12.5 Å². The second-order valence-electron chi connectivity index (χ2n) is 7.54. The molecule has 0 aliphatic heterocycles. The molecule has 0 saturated heterocycles. The van der Waals surface area contributed by atoms with Crippen LogP contribution in [0.5, 0.6) is 0 Å². The third-order valence-corrected chi connectivity index (χ3v) is 5.58. The highest BCUT2D eigenvalue weighted by Crippen LogP contribution is 2.32. The molecule has 0 spiro atoms. The summed E-state index contributed by atoms with van der Waals surface area (Å²) < 4.78 is 0. The van der Waals surface area contributed by atoms with Crippen LogP contribution in [0.4, 0.5) is 0 Å². The molecule has 27 heavy (non-hydrogen) atoms. The predicted octanol–water partition coefficient (Wildman–Crippen LogP) is 2.91. The SMILES string of the molecule is Cc1[nH]c2ccccc2c1CC(=O)N[C@H](Cc1ccccn1)C1CC(O)C1. The van der Waals surface area contributed by atoms with Gasteiger partial charge in [-0.15, -0.1) is 0 Å². The average Bonchev–Trinajstić information content (AvgIpc) is 2.95. The van der Waals surface area contributed by atoms with Crippen molar-refractivity contribution in [3.8, 4) is 0 Å². The van der Waals surface area contributed by atoms with Gasteiger partial charge in [-0.2, -0.15) is 0 Å². The van der Waals surface area contributed by atoms with Crippen molar-refractivity contribution >= 4 is 16.8 Å². The van der Waals surface area contributed by atoms with Crippen molar-refractivity contribution in [1.82, 2.24) is 15.3 Å². The van der Waals surface area contributed by atoms with Crippen molar-refractivity contribution in [3.05, 3.63) is 65.6 Å². The first-order valence-corrected chi connectivity index (χ1v) is 9.53. The van der Waals surface area contributed by atoms with E-state index in [4.69, 9.17) is 0 Å². The molecule has 1 amide bonds. The number of nitrogens with zero attached hydrogens (tertiary/aromatic N) is 1. The second-order valence-corrected chi connectivity index (χ2v) is 7.54. The third-order valence-electron chi connectivity index (χ3n) is 5.58. The molecule has 2 heterocycles. The van der Waals surface area contributed by atoms with E-state index < -0.39 is 0 Å². The quantitative estimate of drug-likeness (QED) is 0.630. The highest BCUT2D eigenvalue weighted by atomic mass is 16.3. The van der Waals surface area contributed by atoms with Crippen LogP contribution in [-0.4, -0.2) is 33.1 Å². The van der Waals surface area contributed by atoms with Gasteiger partial charge in [0.2, 0.25) is 5.91 Å². The molecule has 1 aromatic carbocycles. The van der Waals surface area contributed by atoms with Crippen molar-refractivity contribution in [2.24, 2.45) is 5.92 Å². The van der Waals surface area contributed by atoms with E-state index in [0.29, 0.717) is 18.8 Å². The number of pyridine rings is 1. The number of fused-ring (bicyclic) bond motifs is 1. The maximum atomic E-state index is 12.8. The van der Waals surface area contributed by atoms with Gasteiger partial charge in [0.25, 0.3) is 0 Å². The van der Waals surface area contributed by atoms with E-state index in [9.17, 15) is 9.90 Å². The number of aliphatic hydroxyl groups is 1. The summed E-state index contributed by atoms with van der Waals surface area (Å²) in [4.78, 5) is 20.6. The lowest BCUT2D eigenvalue weighted by Gasteiger charge is -2.38. The number of carbonyl (C=O) groups excluding carboxylic acids is 1. The third kappa shape index (κ3) is 3.88. The van der Waals surface area contributed by atoms with Crippen molar-refractivity contribution in [2.45, 2.75) is 44.8 Å². The molecule has 5 heteroatoms. The molecule has 1 saturated carbocycles. The van der Waals surface area contributed by atoms with Gasteiger partial charge in [-0.05, 0) is 49.4 Å². The van der Waals surface area contributed by atoms with Crippen LogP contribution in [0.2, 0.25) is 0 Å². The van der Waals surface area contributed by atoms with Crippen LogP contribution in [0, 0.1) is 12.8 Å². The number of H-pyrrole nitrogens is 1. The van der Waals surface area contributed by atoms with Crippen LogP contribution in [-0.2, 0) is 17.6 Å². The predicted molar refractivity (Wildman–Crippen MR) is 105 cm³/mol. The summed E-state index contributed by atoms with van der Waals surface area (Å²) in [6.45, 7) is 2.01. The Kier molecular flexibility index (Phi) is 4.94. The summed E-state index contributed by atoms with van der Waals surface area (Å²) in [5.74, 6) is 0.320. The molecule has 0 bridgehead atoms. The number of benzene rings is 1. The van der Waals surface area contributed by atoms with E-state index >= 15 is 0 Å². The number of carbonyl (C=O) groups is 1. The Morgan fingerprint density at radius 1 is 1.26 bits per heavy atom. The molecule has 5 nitrogen and oxygen atoms in total. The molecule has 2 aromatic heterocycles. The van der Waals surface area contributed by atoms with Crippen molar-refractivity contribution in [1.29, 1.82) is 0 Å². The van der Waals surface area contributed by atoms with Crippen molar-refractivity contribution in [3.63, 3.8) is 0 Å². The smallest absolute Gasteiger partial charge is 0.224 e. The Morgan fingerprint density at radius 3 is 2.78 bits per heavy atom. The zero-order valence-electron chi connectivity index (χ0n) is 15.5. The largest absolute Gasteiger partial charge is 0.393 e. The molecule has 1 aliphatic rings. The fourth-order valence-electron chi connectivity index (χ4n) is 4.02. The Labute approximate surface area is 158 Å². The summed E-state index contributed by atoms with van der Waals surface area (Å²) in [7, 11) is 0. The normalized spacial score (nSPS) is 20.2. The van der Waals surface area contributed by atoms with Crippen LogP contribution >= 0.6 is 0 Å². The lowest BCUT2D eigenvalue weighted by molar-refractivity contribution is -0.122. The number of aryl methyl sites for hydroxylation is 1. The molecule has 0 radical (unpaired) electrons. The Bertz CT molecular complexity index is 929. The van der Waals surface area contributed by atoms with E-state index in [2.05, 4.69) is 21.4 Å². The van der Waals surface area contributed by atoms with Gasteiger partial charge in [0.1, 0.15) is 0 Å². The van der Waals surface area contributed by atoms with Gasteiger partial charge in [0.15, 0.2) is 0 Å². The van der Waals surface area contributed by atoms with Crippen LogP contribution in [0.3, 0.4) is 0 Å². The lowest BCUT2D eigenvalue weighted by atomic mass is 9.76. The molecular formula is C22H25N3O2. The number of nitrogens with one attached hydrogen (secondary N) is 2. The first kappa shape index (κ1) is 17.7. The van der Waals surface area contributed by atoms with E-state index in [1.807, 2.05) is 43.3 Å². The number of rotatable bonds is 6. The van der Waals surface area contributed by atoms with E-state index in [0.717, 1.165) is 40.7 Å². The number of aromatic amines is 1. The minimum absolute atomic E-state index is 0.00121. The second kappa shape index (κ2) is 7.53. The van der Waals surface area contributed by atoms with Crippen molar-refractivity contribution < 1.29 is 9.90 Å². The van der Waals surface area contributed by atoms with E-state index in [1.165, 1.54) is 0 Å². The number of aliphatic hydroxyl groups excluding tert-OH is 1. The summed E-state index contributed by atoms with van der Waals surface area (Å²) in [6.07, 6.45) is 4.06. The zero-order valence-corrected chi connectivity index (χ0v) is 15.5. The number of hydrogen-bond acceptors (Lipinski definition) is 3. The first-order chi connectivity index (χ1) is 13.1. The molecular weight excluding hydrogens is 338 g/mol. The molecule has 0 unspecified atom stereocenters. The van der Waals surface area contributed by atoms with Crippen molar-refractivity contribution in [2.75, 3.05) is 0 Å². The monoisotopic (exact) mass is 363 g/mol. The van der Waals surface area contributed by atoms with Crippen LogP contribution < -0.4 is 5.32 Å². The maximum Gasteiger partial charge on any atom is 0.224 e. The molecule has 3 N–H and O–H groups in total. The summed E-state index contributed by atoms with van der Waals surface area (Å²) >= 11 is 0. The van der Waals surface area contributed by atoms with E-state index in [1.54, 1.807) is 6.20 Å². The molecule has 4 rings (SSSR count). The Morgan fingerprint density at radius 2 is 2.04 bits per heavy atom. The fourth-order valence-corrected chi connectivity index (χ4v) is 4.02. The average molecular weight is 363 g/mol. The number of para-hydroxylation sites is 1. The van der Waals surface area contributed by atoms with Gasteiger partial charge in [0, 0.05) is 41.0 Å². The van der Waals surface area contributed by atoms with Gasteiger partial charge < -0.3 is 15.4 Å². The molecule has 3 aromatic rings. The number of hydrogen-bond donors (Lipinski definition) is 3. The van der Waals surface area contributed by atoms with Gasteiger partial charge in [-0.25, -0.2) is 0 Å². The molecule has 1 atom stereocenters. The molecule has 140 valence electrons. The van der Waals surface area contributed by atoms with Gasteiger partial charge in [-0.3, -0.25) is 9.78 Å². The summed E-state index contributed by atoms with van der Waals surface area (Å²) in [6, 6.07) is 13.9. The standard InChI is InChI=1S/C22H25N3O2/c1-14-19(18-7-2-3-8-20(18)24-14)13-22(27)25-21(15-10-17(26)11-15)12-16-6-4-5-9-23-16/h2-9,15,17,21,24,26H,10-13H2,1H3,(H,25,27)/t15?,17?,21-/m1/s1. The Hall–Kier alpha value is -2.66. The minimum Gasteiger partial charge on any atom is -0.393 e. The van der Waals surface area contributed by atoms with Crippen LogP contribution in [0.15, 0.2) is 48.7 Å². The van der Waals surface area contributed by atoms with Gasteiger partial charge >= 0.3 is 0 Å². The highest BCUT2D eigenvalue weighted by Gasteiger charge is 2.35. The number of amides is 1. The summed E-state index contributed by atoms with van der Waals surface area (Å²) in [5.41, 5.74) is 4.11. The fraction of sp³-hybridized carbons (Fsp3) is 0.364.